The van der Waals surface area contributed by atoms with Crippen molar-refractivity contribution in [1.29, 1.82) is 0 Å². The highest BCUT2D eigenvalue weighted by molar-refractivity contribution is 14.0. The summed E-state index contributed by atoms with van der Waals surface area (Å²) in [5.41, 5.74) is 2.24. The predicted octanol–water partition coefficient (Wildman–Crippen LogP) is 3.31. The molecule has 1 N–H and O–H groups in total. The van der Waals surface area contributed by atoms with Gasteiger partial charge < -0.3 is 19.9 Å². The molecule has 1 aliphatic rings. The number of nitrogens with one attached hydrogen (secondary N) is 1. The summed E-state index contributed by atoms with van der Waals surface area (Å²) >= 11 is 1.65. The summed E-state index contributed by atoms with van der Waals surface area (Å²) in [5, 5.41) is 5.47. The summed E-state index contributed by atoms with van der Waals surface area (Å²) in [6, 6.07) is 8.28. The maximum Gasteiger partial charge on any atom is 0.194 e. The average Bonchev–Trinajstić information content (AvgIpc) is 3.33. The number of piperazine rings is 1. The van der Waals surface area contributed by atoms with Crippen LogP contribution in [0.3, 0.4) is 0 Å². The minimum Gasteiger partial charge on any atom is -0.497 e. The molecule has 1 fully saturated rings. The lowest BCUT2D eigenvalue weighted by Gasteiger charge is -2.37. The number of benzene rings is 1. The maximum atomic E-state index is 5.25. The molecule has 0 bridgehead atoms. The van der Waals surface area contributed by atoms with Gasteiger partial charge in [-0.05, 0) is 31.2 Å². The van der Waals surface area contributed by atoms with E-state index >= 15 is 0 Å². The number of methoxy groups -OCH3 is 1. The minimum atomic E-state index is 0. The Morgan fingerprint density at radius 1 is 1.21 bits per heavy atom. The van der Waals surface area contributed by atoms with Gasteiger partial charge in [0, 0.05) is 56.2 Å². The molecule has 9 heteroatoms. The number of guanidine groups is 1. The van der Waals surface area contributed by atoms with Gasteiger partial charge in [-0.3, -0.25) is 4.40 Å². The molecule has 3 heterocycles. The quantitative estimate of drug-likeness (QED) is 0.314. The van der Waals surface area contributed by atoms with Gasteiger partial charge in [0.15, 0.2) is 10.9 Å². The summed E-state index contributed by atoms with van der Waals surface area (Å²) < 4.78 is 7.30. The topological polar surface area (TPSA) is 57.4 Å². The molecule has 0 spiro atoms. The number of rotatable bonds is 5. The fourth-order valence-electron chi connectivity index (χ4n) is 3.40. The Morgan fingerprint density at radius 3 is 2.62 bits per heavy atom. The van der Waals surface area contributed by atoms with Crippen molar-refractivity contribution in [2.24, 2.45) is 4.99 Å². The van der Waals surface area contributed by atoms with Crippen molar-refractivity contribution in [1.82, 2.24) is 19.6 Å². The highest BCUT2D eigenvalue weighted by Crippen LogP contribution is 2.20. The number of imidazole rings is 1. The van der Waals surface area contributed by atoms with Crippen LogP contribution < -0.4 is 15.0 Å². The minimum absolute atomic E-state index is 0. The second-order valence-corrected chi connectivity index (χ2v) is 7.54. The van der Waals surface area contributed by atoms with Crippen LogP contribution in [0.1, 0.15) is 12.6 Å². The lowest BCUT2D eigenvalue weighted by molar-refractivity contribution is 0.372. The first kappa shape index (κ1) is 21.7. The Morgan fingerprint density at radius 2 is 1.97 bits per heavy atom. The fraction of sp³-hybridized carbons (Fsp3) is 0.400. The van der Waals surface area contributed by atoms with Gasteiger partial charge in [0.1, 0.15) is 5.75 Å². The highest BCUT2D eigenvalue weighted by atomic mass is 127. The second kappa shape index (κ2) is 10.1. The number of fused-ring (bicyclic) bond motifs is 1. The van der Waals surface area contributed by atoms with E-state index < -0.39 is 0 Å². The summed E-state index contributed by atoms with van der Waals surface area (Å²) in [7, 11) is 1.70. The van der Waals surface area contributed by atoms with Crippen molar-refractivity contribution in [2.75, 3.05) is 44.7 Å². The van der Waals surface area contributed by atoms with E-state index in [4.69, 9.17) is 9.73 Å². The van der Waals surface area contributed by atoms with Crippen molar-refractivity contribution >= 4 is 51.9 Å². The SMILES string of the molecule is CCNC(=NCc1cn2ccsc2n1)N1CCN(c2ccc(OC)cc2)CC1.I. The van der Waals surface area contributed by atoms with E-state index in [1.54, 1.807) is 18.4 Å². The number of ether oxygens (including phenoxy) is 1. The molecule has 3 aromatic rings. The van der Waals surface area contributed by atoms with Crippen LogP contribution in [0.4, 0.5) is 5.69 Å². The van der Waals surface area contributed by atoms with Crippen LogP contribution in [0.25, 0.3) is 4.96 Å². The van der Waals surface area contributed by atoms with Crippen LogP contribution in [0.5, 0.6) is 5.75 Å². The molecular weight excluding hydrogens is 499 g/mol. The molecule has 1 saturated heterocycles. The third kappa shape index (κ3) is 5.13. The van der Waals surface area contributed by atoms with E-state index in [2.05, 4.69) is 49.8 Å². The van der Waals surface area contributed by atoms with E-state index in [1.165, 1.54) is 5.69 Å². The van der Waals surface area contributed by atoms with E-state index in [-0.39, 0.29) is 24.0 Å². The largest absolute Gasteiger partial charge is 0.497 e. The molecule has 0 atom stereocenters. The molecule has 156 valence electrons. The van der Waals surface area contributed by atoms with E-state index in [9.17, 15) is 0 Å². The third-order valence-electron chi connectivity index (χ3n) is 4.89. The molecule has 7 nitrogen and oxygen atoms in total. The zero-order valence-corrected chi connectivity index (χ0v) is 19.9. The number of hydrogen-bond donors (Lipinski definition) is 1. The van der Waals surface area contributed by atoms with Gasteiger partial charge in [-0.15, -0.1) is 35.3 Å². The summed E-state index contributed by atoms with van der Waals surface area (Å²) in [6.45, 7) is 7.38. The van der Waals surface area contributed by atoms with Gasteiger partial charge in [-0.1, -0.05) is 0 Å². The number of aromatic nitrogens is 2. The maximum absolute atomic E-state index is 5.25. The van der Waals surface area contributed by atoms with Gasteiger partial charge in [0.2, 0.25) is 0 Å². The molecule has 0 amide bonds. The Hall–Kier alpha value is -2.01. The molecular formula is C20H27IN6OS. The summed E-state index contributed by atoms with van der Waals surface area (Å²) in [6.07, 6.45) is 4.09. The van der Waals surface area contributed by atoms with E-state index in [1.807, 2.05) is 23.7 Å². The number of aliphatic imine (C=N–C) groups is 1. The van der Waals surface area contributed by atoms with Gasteiger partial charge in [0.05, 0.1) is 19.3 Å². The molecule has 29 heavy (non-hydrogen) atoms. The van der Waals surface area contributed by atoms with Gasteiger partial charge in [-0.25, -0.2) is 9.98 Å². The summed E-state index contributed by atoms with van der Waals surface area (Å²) in [4.78, 5) is 15.2. The number of anilines is 1. The highest BCUT2D eigenvalue weighted by Gasteiger charge is 2.20. The van der Waals surface area contributed by atoms with Crippen molar-refractivity contribution in [3.63, 3.8) is 0 Å². The Labute approximate surface area is 192 Å². The zero-order valence-electron chi connectivity index (χ0n) is 16.7. The first-order chi connectivity index (χ1) is 13.8. The van der Waals surface area contributed by atoms with E-state index in [0.717, 1.165) is 55.1 Å². The zero-order chi connectivity index (χ0) is 19.3. The predicted molar refractivity (Wildman–Crippen MR) is 130 cm³/mol. The standard InChI is InChI=1S/C20H26N6OS.HI/c1-3-21-19(22-14-16-15-26-12-13-28-20(26)23-16)25-10-8-24(9-11-25)17-4-6-18(27-2)7-5-17;/h4-7,12-13,15H,3,8-11,14H2,1-2H3,(H,21,22);1H. The number of hydrogen-bond acceptors (Lipinski definition) is 5. The van der Waals surface area contributed by atoms with Crippen LogP contribution in [0, 0.1) is 0 Å². The van der Waals surface area contributed by atoms with Crippen LogP contribution in [-0.4, -0.2) is 60.1 Å². The van der Waals surface area contributed by atoms with Crippen molar-refractivity contribution in [3.05, 3.63) is 47.7 Å². The molecule has 2 aromatic heterocycles. The van der Waals surface area contributed by atoms with Crippen molar-refractivity contribution in [2.45, 2.75) is 13.5 Å². The molecule has 0 aliphatic carbocycles. The number of nitrogens with zero attached hydrogens (tertiary/aromatic N) is 5. The lowest BCUT2D eigenvalue weighted by atomic mass is 10.2. The first-order valence-corrected chi connectivity index (χ1v) is 10.5. The van der Waals surface area contributed by atoms with Crippen LogP contribution in [0.2, 0.25) is 0 Å². The van der Waals surface area contributed by atoms with Gasteiger partial charge >= 0.3 is 0 Å². The second-order valence-electron chi connectivity index (χ2n) is 6.67. The molecule has 0 unspecified atom stereocenters. The van der Waals surface area contributed by atoms with Crippen LogP contribution in [-0.2, 0) is 6.54 Å². The Balaban J connectivity index is 0.00000240. The molecule has 1 aliphatic heterocycles. The Bertz CT molecular complexity index is 902. The van der Waals surface area contributed by atoms with Gasteiger partial charge in [0.25, 0.3) is 0 Å². The third-order valence-corrected chi connectivity index (χ3v) is 5.66. The lowest BCUT2D eigenvalue weighted by Crippen LogP contribution is -2.52. The fourth-order valence-corrected chi connectivity index (χ4v) is 4.12. The smallest absolute Gasteiger partial charge is 0.194 e. The molecule has 1 aromatic carbocycles. The van der Waals surface area contributed by atoms with Crippen LogP contribution >= 0.6 is 35.3 Å². The Kier molecular flexibility index (Phi) is 7.59. The molecule has 0 radical (unpaired) electrons. The monoisotopic (exact) mass is 526 g/mol. The van der Waals surface area contributed by atoms with Crippen LogP contribution in [0.15, 0.2) is 47.0 Å². The van der Waals surface area contributed by atoms with Crippen molar-refractivity contribution < 1.29 is 4.74 Å². The normalized spacial score (nSPS) is 14.8. The average molecular weight is 526 g/mol. The first-order valence-electron chi connectivity index (χ1n) is 9.60. The van der Waals surface area contributed by atoms with E-state index in [0.29, 0.717) is 6.54 Å². The number of thiazole rings is 1. The molecule has 4 rings (SSSR count). The van der Waals surface area contributed by atoms with Gasteiger partial charge in [-0.2, -0.15) is 0 Å². The molecule has 0 saturated carbocycles. The number of halogens is 1. The van der Waals surface area contributed by atoms with Crippen molar-refractivity contribution in [3.8, 4) is 5.75 Å². The summed E-state index contributed by atoms with van der Waals surface area (Å²) in [5.74, 6) is 1.86.